The standard InChI is InChI=1S/C22H18F3N5O6S2/c1-10-2-4-11(5-3-10)7-36-29-14(13-9-38-21(26-13)28-20(35)22(23,24)25)16(31)27-15-17(32)30-6-12(19(33)34)8-37-18(15)30/h2-6,9,15,18H,7-8H2,1H3,(H,27,31)(H,33,34)(H,26,28,35)/t15?,18-/m1/s1. The summed E-state index contributed by atoms with van der Waals surface area (Å²) in [5, 5.41) is 17.3. The number of fused-ring (bicyclic) bond motifs is 1. The second kappa shape index (κ2) is 10.8. The van der Waals surface area contributed by atoms with Gasteiger partial charge in [0, 0.05) is 17.3 Å². The first kappa shape index (κ1) is 27.1. The number of benzene rings is 1. The van der Waals surface area contributed by atoms with Crippen LogP contribution >= 0.6 is 23.1 Å². The number of carbonyl (C=O) groups is 4. The predicted octanol–water partition coefficient (Wildman–Crippen LogP) is 2.24. The van der Waals surface area contributed by atoms with Crippen LogP contribution in [-0.4, -0.2) is 67.7 Å². The Morgan fingerprint density at radius 3 is 2.63 bits per heavy atom. The molecule has 4 rings (SSSR count). The highest BCUT2D eigenvalue weighted by atomic mass is 32.2. The highest BCUT2D eigenvalue weighted by molar-refractivity contribution is 8.00. The van der Waals surface area contributed by atoms with Crippen molar-refractivity contribution in [1.82, 2.24) is 15.2 Å². The third kappa shape index (κ3) is 5.96. The zero-order valence-corrected chi connectivity index (χ0v) is 20.9. The lowest BCUT2D eigenvalue weighted by Crippen LogP contribution is -2.69. The molecule has 38 heavy (non-hydrogen) atoms. The molecule has 0 spiro atoms. The number of aliphatic carboxylic acids is 1. The number of halogens is 3. The summed E-state index contributed by atoms with van der Waals surface area (Å²) in [6.07, 6.45) is -3.93. The van der Waals surface area contributed by atoms with Crippen molar-refractivity contribution in [3.05, 3.63) is 58.2 Å². The van der Waals surface area contributed by atoms with E-state index in [0.717, 1.165) is 22.9 Å². The van der Waals surface area contributed by atoms with Crippen molar-refractivity contribution >= 4 is 57.6 Å². The van der Waals surface area contributed by atoms with Gasteiger partial charge in [-0.05, 0) is 12.5 Å². The second-order valence-corrected chi connectivity index (χ2v) is 10.0. The summed E-state index contributed by atoms with van der Waals surface area (Å²) in [6, 6.07) is 6.22. The molecule has 0 aliphatic carbocycles. The third-order valence-electron chi connectivity index (χ3n) is 5.29. The van der Waals surface area contributed by atoms with Crippen LogP contribution in [0.4, 0.5) is 18.3 Å². The number of anilines is 1. The molecule has 200 valence electrons. The Labute approximate surface area is 220 Å². The molecular formula is C22H18F3N5O6S2. The fourth-order valence-electron chi connectivity index (χ4n) is 3.31. The average Bonchev–Trinajstić information content (AvgIpc) is 3.32. The number of nitrogens with zero attached hydrogens (tertiary/aromatic N) is 3. The molecule has 2 aromatic rings. The molecule has 0 bridgehead atoms. The maximum atomic E-state index is 13.1. The smallest absolute Gasteiger partial charge is 0.471 e. The highest BCUT2D eigenvalue weighted by Crippen LogP contribution is 2.36. The van der Waals surface area contributed by atoms with E-state index in [-0.39, 0.29) is 23.6 Å². The number of amides is 3. The Morgan fingerprint density at radius 1 is 1.26 bits per heavy atom. The van der Waals surface area contributed by atoms with Crippen LogP contribution in [0.1, 0.15) is 16.8 Å². The number of rotatable bonds is 8. The number of hydrogen-bond donors (Lipinski definition) is 3. The molecule has 1 fully saturated rings. The van der Waals surface area contributed by atoms with Gasteiger partial charge in [-0.25, -0.2) is 9.78 Å². The summed E-state index contributed by atoms with van der Waals surface area (Å²) in [5.41, 5.74) is 1.14. The van der Waals surface area contributed by atoms with E-state index in [4.69, 9.17) is 9.94 Å². The number of hydrogen-bond acceptors (Lipinski definition) is 9. The first-order valence-electron chi connectivity index (χ1n) is 10.7. The number of thiazole rings is 1. The van der Waals surface area contributed by atoms with Crippen LogP contribution in [0, 0.1) is 6.92 Å². The van der Waals surface area contributed by atoms with E-state index in [0.29, 0.717) is 11.3 Å². The summed E-state index contributed by atoms with van der Waals surface area (Å²) in [5.74, 6) is -4.73. The third-order valence-corrected chi connectivity index (χ3v) is 7.37. The van der Waals surface area contributed by atoms with Crippen LogP contribution in [0.5, 0.6) is 0 Å². The normalized spacial score (nSPS) is 19.2. The van der Waals surface area contributed by atoms with Crippen molar-refractivity contribution in [1.29, 1.82) is 0 Å². The van der Waals surface area contributed by atoms with Crippen molar-refractivity contribution in [3.8, 4) is 0 Å². The van der Waals surface area contributed by atoms with Crippen molar-refractivity contribution in [2.45, 2.75) is 31.1 Å². The number of alkyl halides is 3. The molecule has 3 N–H and O–H groups in total. The Bertz CT molecular complexity index is 1340. The molecule has 3 heterocycles. The quantitative estimate of drug-likeness (QED) is 0.249. The summed E-state index contributed by atoms with van der Waals surface area (Å²) < 4.78 is 37.8. The van der Waals surface area contributed by atoms with E-state index in [2.05, 4.69) is 15.5 Å². The summed E-state index contributed by atoms with van der Waals surface area (Å²) in [4.78, 5) is 58.4. The molecule has 0 radical (unpaired) electrons. The Kier molecular flexibility index (Phi) is 7.73. The Hall–Kier alpha value is -3.92. The minimum atomic E-state index is -5.14. The number of carboxylic acids is 1. The Balaban J connectivity index is 1.52. The van der Waals surface area contributed by atoms with Crippen molar-refractivity contribution in [2.24, 2.45) is 5.16 Å². The van der Waals surface area contributed by atoms with Gasteiger partial charge in [-0.15, -0.1) is 23.1 Å². The number of thioether (sulfide) groups is 1. The van der Waals surface area contributed by atoms with Crippen LogP contribution < -0.4 is 10.6 Å². The lowest BCUT2D eigenvalue weighted by atomic mass is 10.1. The number of nitrogens with one attached hydrogen (secondary N) is 2. The van der Waals surface area contributed by atoms with Gasteiger partial charge in [0.25, 0.3) is 11.8 Å². The fraction of sp³-hybridized carbons (Fsp3) is 0.273. The molecule has 2 aliphatic heterocycles. The van der Waals surface area contributed by atoms with Gasteiger partial charge in [0.05, 0.1) is 5.57 Å². The second-order valence-electron chi connectivity index (χ2n) is 8.05. The maximum absolute atomic E-state index is 13.1. The minimum absolute atomic E-state index is 0.0343. The van der Waals surface area contributed by atoms with Gasteiger partial charge >= 0.3 is 18.1 Å². The van der Waals surface area contributed by atoms with Gasteiger partial charge in [0.1, 0.15) is 23.7 Å². The van der Waals surface area contributed by atoms with Gasteiger partial charge < -0.3 is 20.2 Å². The number of aromatic nitrogens is 1. The van der Waals surface area contributed by atoms with Crippen molar-refractivity contribution in [2.75, 3.05) is 11.1 Å². The number of β-lactam (4-membered cyclic amide) rings is 1. The van der Waals surface area contributed by atoms with Gasteiger partial charge in [-0.3, -0.25) is 19.7 Å². The average molecular weight is 570 g/mol. The van der Waals surface area contributed by atoms with Gasteiger partial charge in [-0.1, -0.05) is 35.0 Å². The van der Waals surface area contributed by atoms with Crippen molar-refractivity contribution in [3.63, 3.8) is 0 Å². The van der Waals surface area contributed by atoms with Crippen molar-refractivity contribution < 1.29 is 42.3 Å². The van der Waals surface area contributed by atoms with Crippen LogP contribution in [0.15, 0.2) is 46.6 Å². The van der Waals surface area contributed by atoms with Gasteiger partial charge in [0.2, 0.25) is 0 Å². The molecule has 1 aromatic carbocycles. The molecule has 1 unspecified atom stereocenters. The summed E-state index contributed by atoms with van der Waals surface area (Å²) >= 11 is 1.77. The van der Waals surface area contributed by atoms with Gasteiger partial charge in [0.15, 0.2) is 10.8 Å². The van der Waals surface area contributed by atoms with Crippen LogP contribution in [0.25, 0.3) is 0 Å². The lowest BCUT2D eigenvalue weighted by Gasteiger charge is -2.46. The van der Waals surface area contributed by atoms with E-state index in [1.807, 2.05) is 19.1 Å². The first-order chi connectivity index (χ1) is 17.9. The number of carbonyl (C=O) groups excluding carboxylic acids is 3. The lowest BCUT2D eigenvalue weighted by molar-refractivity contribution is -0.167. The number of carboxylic acid groups (broad SMARTS) is 1. The molecule has 3 amide bonds. The fourth-order valence-corrected chi connectivity index (χ4v) is 5.25. The van der Waals surface area contributed by atoms with E-state index in [9.17, 15) is 32.3 Å². The molecular weight excluding hydrogens is 551 g/mol. The summed E-state index contributed by atoms with van der Waals surface area (Å²) in [6.45, 7) is 1.85. The first-order valence-corrected chi connectivity index (χ1v) is 12.6. The maximum Gasteiger partial charge on any atom is 0.471 e. The zero-order valence-electron chi connectivity index (χ0n) is 19.3. The Morgan fingerprint density at radius 2 is 1.97 bits per heavy atom. The molecule has 11 nitrogen and oxygen atoms in total. The molecule has 16 heteroatoms. The van der Waals surface area contributed by atoms with Crippen LogP contribution in [-0.2, 0) is 30.6 Å². The molecule has 2 atom stereocenters. The number of oxime groups is 1. The summed E-state index contributed by atoms with van der Waals surface area (Å²) in [7, 11) is 0. The van der Waals surface area contributed by atoms with E-state index in [1.165, 1.54) is 16.5 Å². The molecule has 1 aromatic heterocycles. The van der Waals surface area contributed by atoms with Crippen LogP contribution in [0.2, 0.25) is 0 Å². The van der Waals surface area contributed by atoms with E-state index < -0.39 is 52.1 Å². The highest BCUT2D eigenvalue weighted by Gasteiger charge is 2.50. The number of aryl methyl sites for hydroxylation is 1. The minimum Gasteiger partial charge on any atom is -0.478 e. The topological polar surface area (TPSA) is 150 Å². The zero-order chi connectivity index (χ0) is 27.6. The molecule has 2 aliphatic rings. The van der Waals surface area contributed by atoms with E-state index >= 15 is 0 Å². The van der Waals surface area contributed by atoms with E-state index in [1.54, 1.807) is 17.4 Å². The predicted molar refractivity (Wildman–Crippen MR) is 130 cm³/mol. The largest absolute Gasteiger partial charge is 0.478 e. The monoisotopic (exact) mass is 569 g/mol. The molecule has 1 saturated heterocycles. The SMILES string of the molecule is Cc1ccc(CON=C(C(=O)NC2C(=O)N3C=C(C(=O)O)CS[C@H]23)c2csc(NC(=O)C(F)(F)F)n2)cc1. The van der Waals surface area contributed by atoms with Gasteiger partial charge in [-0.2, -0.15) is 13.2 Å². The van der Waals surface area contributed by atoms with Crippen LogP contribution in [0.3, 0.4) is 0 Å². The molecule has 0 saturated carbocycles.